The normalized spacial score (nSPS) is 23.9. The average molecular weight is 450 g/mol. The van der Waals surface area contributed by atoms with Gasteiger partial charge in [0.1, 0.15) is 5.76 Å². The molecule has 33 heavy (non-hydrogen) atoms. The second-order valence-electron chi connectivity index (χ2n) is 8.93. The molecule has 8 heteroatoms. The van der Waals surface area contributed by atoms with Crippen molar-refractivity contribution in [3.05, 3.63) is 66.5 Å². The second kappa shape index (κ2) is 8.94. The molecular formula is C25H28FN5O2. The van der Waals surface area contributed by atoms with Crippen molar-refractivity contribution >= 4 is 11.9 Å². The monoisotopic (exact) mass is 449 g/mol. The number of amides is 1. The lowest BCUT2D eigenvalue weighted by molar-refractivity contribution is -0.136. The summed E-state index contributed by atoms with van der Waals surface area (Å²) >= 11 is 0. The van der Waals surface area contributed by atoms with Crippen LogP contribution in [-0.4, -0.2) is 63.9 Å². The van der Waals surface area contributed by atoms with E-state index in [1.54, 1.807) is 6.26 Å². The lowest BCUT2D eigenvalue weighted by Gasteiger charge is -2.45. The molecule has 7 nitrogen and oxygen atoms in total. The molecule has 0 aromatic carbocycles. The Morgan fingerprint density at radius 2 is 1.88 bits per heavy atom. The molecule has 0 saturated carbocycles. The SMILES string of the molecule is C[C@@H]1CN(c2ncc(F)cn2)C[C@H](C)N1CC(=O)N1CC=CCC1c1ccc2cccoc1-2. The van der Waals surface area contributed by atoms with Crippen LogP contribution >= 0.6 is 0 Å². The molecule has 0 bridgehead atoms. The molecule has 0 spiro atoms. The van der Waals surface area contributed by atoms with Crippen LogP contribution < -0.4 is 4.90 Å². The Morgan fingerprint density at radius 3 is 2.64 bits per heavy atom. The van der Waals surface area contributed by atoms with Crippen LogP contribution in [0, 0.1) is 5.82 Å². The topological polar surface area (TPSA) is 65.7 Å². The molecule has 1 aromatic heterocycles. The second-order valence-corrected chi connectivity index (χ2v) is 8.93. The van der Waals surface area contributed by atoms with Gasteiger partial charge in [0.15, 0.2) is 5.82 Å². The molecule has 1 fully saturated rings. The number of piperazine rings is 1. The first kappa shape index (κ1) is 21.6. The van der Waals surface area contributed by atoms with Crippen LogP contribution in [0.4, 0.5) is 10.3 Å². The van der Waals surface area contributed by atoms with E-state index in [0.717, 1.165) is 23.3 Å². The zero-order chi connectivity index (χ0) is 22.9. The van der Waals surface area contributed by atoms with Crippen LogP contribution in [0.5, 0.6) is 0 Å². The lowest BCUT2D eigenvalue weighted by atomic mass is 9.99. The standard InChI is InChI=1S/C25H28FN5O2/c1-17-14-29(25-27-12-20(26)13-28-25)15-18(2)31(17)16-23(32)30-10-4-3-7-22(30)21-9-8-19-6-5-11-33-24(19)21/h3-6,8-9,11-13,17-18,22H,7,10,14-16H2,1-2H3/t17-,18+,22?. The molecule has 1 aromatic rings. The van der Waals surface area contributed by atoms with E-state index < -0.39 is 5.82 Å². The molecule has 172 valence electrons. The predicted molar refractivity (Wildman–Crippen MR) is 123 cm³/mol. The Balaban J connectivity index is 1.30. The van der Waals surface area contributed by atoms with Gasteiger partial charge in [-0.25, -0.2) is 14.4 Å². The van der Waals surface area contributed by atoms with Crippen molar-refractivity contribution in [3.8, 4) is 11.3 Å². The van der Waals surface area contributed by atoms with Crippen molar-refractivity contribution in [1.82, 2.24) is 19.8 Å². The molecule has 1 saturated heterocycles. The van der Waals surface area contributed by atoms with E-state index in [2.05, 4.69) is 57.9 Å². The minimum absolute atomic E-state index is 0.0364. The summed E-state index contributed by atoms with van der Waals surface area (Å²) in [6, 6.07) is 8.25. The molecule has 4 heterocycles. The summed E-state index contributed by atoms with van der Waals surface area (Å²) in [6.07, 6.45) is 9.05. The van der Waals surface area contributed by atoms with Crippen molar-refractivity contribution in [1.29, 1.82) is 0 Å². The predicted octanol–water partition coefficient (Wildman–Crippen LogP) is 3.74. The molecule has 3 aliphatic heterocycles. The Bertz CT molecular complexity index is 1100. The van der Waals surface area contributed by atoms with Crippen LogP contribution in [0.1, 0.15) is 31.9 Å². The number of carbonyl (C=O) groups is 1. The highest BCUT2D eigenvalue weighted by atomic mass is 19.1. The van der Waals surface area contributed by atoms with Crippen LogP contribution in [0.3, 0.4) is 0 Å². The van der Waals surface area contributed by atoms with Gasteiger partial charge in [0, 0.05) is 42.8 Å². The van der Waals surface area contributed by atoms with Crippen molar-refractivity contribution in [2.75, 3.05) is 31.1 Å². The summed E-state index contributed by atoms with van der Waals surface area (Å²) in [6.45, 7) is 6.51. The molecular weight excluding hydrogens is 421 g/mol. The highest BCUT2D eigenvalue weighted by Crippen LogP contribution is 2.38. The Hall–Kier alpha value is -3.26. The maximum atomic E-state index is 13.5. The van der Waals surface area contributed by atoms with Gasteiger partial charge >= 0.3 is 0 Å². The van der Waals surface area contributed by atoms with Gasteiger partial charge in [0.25, 0.3) is 0 Å². The molecule has 1 aliphatic carbocycles. The summed E-state index contributed by atoms with van der Waals surface area (Å²) in [5.41, 5.74) is 2.11. The van der Waals surface area contributed by atoms with Crippen molar-refractivity contribution in [2.24, 2.45) is 0 Å². The van der Waals surface area contributed by atoms with Crippen LogP contribution in [0.2, 0.25) is 0 Å². The molecule has 0 radical (unpaired) electrons. The van der Waals surface area contributed by atoms with Crippen LogP contribution in [0.15, 0.2) is 59.5 Å². The van der Waals surface area contributed by atoms with Crippen molar-refractivity contribution < 1.29 is 13.6 Å². The van der Waals surface area contributed by atoms with Gasteiger partial charge in [-0.05, 0) is 32.4 Å². The highest BCUT2D eigenvalue weighted by Gasteiger charge is 2.35. The molecule has 4 aliphatic rings. The fraction of sp³-hybridized carbons (Fsp3) is 0.400. The fourth-order valence-corrected chi connectivity index (χ4v) is 5.06. The smallest absolute Gasteiger partial charge is 0.237 e. The van der Waals surface area contributed by atoms with E-state index in [4.69, 9.17) is 4.42 Å². The van der Waals surface area contributed by atoms with Gasteiger partial charge < -0.3 is 14.2 Å². The van der Waals surface area contributed by atoms with Crippen LogP contribution in [0.25, 0.3) is 11.3 Å². The third-order valence-corrected chi connectivity index (χ3v) is 6.70. The van der Waals surface area contributed by atoms with E-state index in [0.29, 0.717) is 32.1 Å². The number of halogens is 1. The molecule has 1 amide bonds. The van der Waals surface area contributed by atoms with E-state index in [1.165, 1.54) is 12.4 Å². The zero-order valence-corrected chi connectivity index (χ0v) is 18.9. The van der Waals surface area contributed by atoms with Gasteiger partial charge in [0.05, 0.1) is 31.2 Å². The lowest BCUT2D eigenvalue weighted by Crippen LogP contribution is -2.59. The number of aromatic nitrogens is 2. The summed E-state index contributed by atoms with van der Waals surface area (Å²) in [4.78, 5) is 28.0. The van der Waals surface area contributed by atoms with Crippen LogP contribution in [-0.2, 0) is 4.79 Å². The maximum absolute atomic E-state index is 13.5. The number of nitrogens with zero attached hydrogens (tertiary/aromatic N) is 5. The Morgan fingerprint density at radius 1 is 1.12 bits per heavy atom. The number of hydrogen-bond donors (Lipinski definition) is 0. The number of hydrogen-bond acceptors (Lipinski definition) is 6. The number of carbonyl (C=O) groups excluding carboxylic acids is 1. The number of anilines is 1. The van der Waals surface area contributed by atoms with Gasteiger partial charge in [-0.15, -0.1) is 0 Å². The Labute approximate surface area is 192 Å². The fourth-order valence-electron chi connectivity index (χ4n) is 5.06. The summed E-state index contributed by atoms with van der Waals surface area (Å²) in [7, 11) is 0. The molecule has 3 atom stereocenters. The first-order valence-electron chi connectivity index (χ1n) is 11.4. The first-order valence-corrected chi connectivity index (χ1v) is 11.4. The van der Waals surface area contributed by atoms with E-state index in [9.17, 15) is 9.18 Å². The zero-order valence-electron chi connectivity index (χ0n) is 18.9. The number of rotatable bonds is 4. The summed E-state index contributed by atoms with van der Waals surface area (Å²) in [5.74, 6) is 1.04. The summed E-state index contributed by atoms with van der Waals surface area (Å²) < 4.78 is 19.0. The molecule has 1 unspecified atom stereocenters. The average Bonchev–Trinajstić information content (AvgIpc) is 3.26. The van der Waals surface area contributed by atoms with E-state index >= 15 is 0 Å². The quantitative estimate of drug-likeness (QED) is 0.566. The van der Waals surface area contributed by atoms with Crippen molar-refractivity contribution in [3.63, 3.8) is 0 Å². The maximum Gasteiger partial charge on any atom is 0.237 e. The van der Waals surface area contributed by atoms with Gasteiger partial charge in [0.2, 0.25) is 11.9 Å². The van der Waals surface area contributed by atoms with Gasteiger partial charge in [-0.2, -0.15) is 0 Å². The van der Waals surface area contributed by atoms with Gasteiger partial charge in [-0.1, -0.05) is 24.3 Å². The van der Waals surface area contributed by atoms with E-state index in [1.807, 2.05) is 17.0 Å². The minimum Gasteiger partial charge on any atom is -0.464 e. The largest absolute Gasteiger partial charge is 0.464 e. The first-order chi connectivity index (χ1) is 16.0. The molecule has 5 rings (SSSR count). The number of fused-ring (bicyclic) bond motifs is 1. The minimum atomic E-state index is -0.445. The van der Waals surface area contributed by atoms with E-state index in [-0.39, 0.29) is 24.0 Å². The third-order valence-electron chi connectivity index (χ3n) is 6.70. The Kier molecular flexibility index (Phi) is 5.85. The summed E-state index contributed by atoms with van der Waals surface area (Å²) in [5, 5.41) is 0. The highest BCUT2D eigenvalue weighted by molar-refractivity contribution is 5.80. The van der Waals surface area contributed by atoms with Crippen molar-refractivity contribution in [2.45, 2.75) is 38.4 Å². The third kappa shape index (κ3) is 4.23. The van der Waals surface area contributed by atoms with Gasteiger partial charge in [-0.3, -0.25) is 9.69 Å². The molecule has 0 N–H and O–H groups in total.